The van der Waals surface area contributed by atoms with E-state index in [1.807, 2.05) is 26.0 Å². The first kappa shape index (κ1) is 22.9. The summed E-state index contributed by atoms with van der Waals surface area (Å²) in [6.07, 6.45) is 3.61. The highest BCUT2D eigenvalue weighted by Gasteiger charge is 2.16. The molecule has 4 N–H and O–H groups in total. The first-order chi connectivity index (χ1) is 9.50. The van der Waals surface area contributed by atoms with Crippen molar-refractivity contribution in [3.05, 3.63) is 30.1 Å². The topological polar surface area (TPSA) is 97.1 Å². The molecule has 1 atom stereocenters. The van der Waals surface area contributed by atoms with Crippen molar-refractivity contribution in [2.45, 2.75) is 32.9 Å². The number of carbonyl (C=O) groups excluding carboxylic acids is 2. The van der Waals surface area contributed by atoms with Crippen LogP contribution in [0.3, 0.4) is 0 Å². The van der Waals surface area contributed by atoms with E-state index < -0.39 is 6.04 Å². The van der Waals surface area contributed by atoms with Crippen LogP contribution in [0.5, 0.6) is 0 Å². The van der Waals surface area contributed by atoms with Crippen LogP contribution in [0.25, 0.3) is 0 Å². The van der Waals surface area contributed by atoms with Gasteiger partial charge in [0.05, 0.1) is 6.04 Å². The van der Waals surface area contributed by atoms with Gasteiger partial charge in [0.1, 0.15) is 0 Å². The number of nitrogens with zero attached hydrogens (tertiary/aromatic N) is 1. The standard InChI is InChI=1S/C14H22N4O2.2ClH/c1-10(2)13(15)14(20)17-7-5-12(19)18-9-11-4-3-6-16-8-11;;/h3-4,6,8,10,13H,5,7,9,15H2,1-2H3,(H,17,20)(H,18,19);2*1H/t13-;;/m0../s1. The molecule has 0 aliphatic rings. The van der Waals surface area contributed by atoms with Crippen molar-refractivity contribution >= 4 is 36.6 Å². The summed E-state index contributed by atoms with van der Waals surface area (Å²) in [7, 11) is 0. The molecule has 0 saturated carbocycles. The van der Waals surface area contributed by atoms with Gasteiger partial charge in [-0.25, -0.2) is 0 Å². The molecule has 0 saturated heterocycles. The number of hydrogen-bond acceptors (Lipinski definition) is 4. The van der Waals surface area contributed by atoms with Gasteiger partial charge < -0.3 is 16.4 Å². The van der Waals surface area contributed by atoms with E-state index in [1.54, 1.807) is 12.4 Å². The predicted molar refractivity (Wildman–Crippen MR) is 91.0 cm³/mol. The number of nitrogens with one attached hydrogen (secondary N) is 2. The Bertz CT molecular complexity index is 444. The van der Waals surface area contributed by atoms with Crippen LogP contribution >= 0.6 is 24.8 Å². The second-order valence-electron chi connectivity index (χ2n) is 4.95. The molecule has 8 heteroatoms. The van der Waals surface area contributed by atoms with E-state index in [0.717, 1.165) is 5.56 Å². The molecular weight excluding hydrogens is 327 g/mol. The molecule has 126 valence electrons. The van der Waals surface area contributed by atoms with Crippen LogP contribution in [0.2, 0.25) is 0 Å². The highest BCUT2D eigenvalue weighted by Crippen LogP contribution is 1.98. The summed E-state index contributed by atoms with van der Waals surface area (Å²) < 4.78 is 0. The Hall–Kier alpha value is -1.37. The molecule has 0 unspecified atom stereocenters. The van der Waals surface area contributed by atoms with Gasteiger partial charge in [0.2, 0.25) is 11.8 Å². The maximum absolute atomic E-state index is 11.6. The number of carbonyl (C=O) groups is 2. The van der Waals surface area contributed by atoms with Crippen molar-refractivity contribution in [3.8, 4) is 0 Å². The number of rotatable bonds is 7. The van der Waals surface area contributed by atoms with Crippen molar-refractivity contribution in [3.63, 3.8) is 0 Å². The monoisotopic (exact) mass is 350 g/mol. The van der Waals surface area contributed by atoms with Crippen molar-refractivity contribution in [2.75, 3.05) is 6.54 Å². The third kappa shape index (κ3) is 8.81. The van der Waals surface area contributed by atoms with Gasteiger partial charge in [-0.1, -0.05) is 19.9 Å². The van der Waals surface area contributed by atoms with Gasteiger partial charge in [-0.2, -0.15) is 0 Å². The smallest absolute Gasteiger partial charge is 0.237 e. The Kier molecular flexibility index (Phi) is 12.7. The Morgan fingerprint density at radius 2 is 1.95 bits per heavy atom. The lowest BCUT2D eigenvalue weighted by Gasteiger charge is -2.15. The Morgan fingerprint density at radius 1 is 1.27 bits per heavy atom. The van der Waals surface area contributed by atoms with Crippen LogP contribution in [-0.4, -0.2) is 29.4 Å². The summed E-state index contributed by atoms with van der Waals surface area (Å²) in [5.74, 6) is -0.262. The number of nitrogens with two attached hydrogens (primary N) is 1. The van der Waals surface area contributed by atoms with Crippen molar-refractivity contribution < 1.29 is 9.59 Å². The van der Waals surface area contributed by atoms with Crippen LogP contribution < -0.4 is 16.4 Å². The number of aromatic nitrogens is 1. The zero-order chi connectivity index (χ0) is 15.0. The average molecular weight is 351 g/mol. The minimum Gasteiger partial charge on any atom is -0.354 e. The number of amides is 2. The maximum atomic E-state index is 11.6. The number of hydrogen-bond donors (Lipinski definition) is 3. The quantitative estimate of drug-likeness (QED) is 0.684. The van der Waals surface area contributed by atoms with Crippen LogP contribution in [0, 0.1) is 5.92 Å². The minimum absolute atomic E-state index is 0. The van der Waals surface area contributed by atoms with Crippen molar-refractivity contribution in [2.24, 2.45) is 11.7 Å². The highest BCUT2D eigenvalue weighted by atomic mass is 35.5. The molecule has 6 nitrogen and oxygen atoms in total. The second kappa shape index (κ2) is 12.2. The van der Waals surface area contributed by atoms with Gasteiger partial charge in [-0.3, -0.25) is 14.6 Å². The number of pyridine rings is 1. The van der Waals surface area contributed by atoms with Crippen LogP contribution in [0.1, 0.15) is 25.8 Å². The Balaban J connectivity index is 0. The first-order valence-corrected chi connectivity index (χ1v) is 6.69. The molecular formula is C14H24Cl2N4O2. The molecule has 0 aliphatic carbocycles. The molecule has 0 radical (unpaired) electrons. The van der Waals surface area contributed by atoms with Gasteiger partial charge >= 0.3 is 0 Å². The summed E-state index contributed by atoms with van der Waals surface area (Å²) in [6.45, 7) is 4.49. The van der Waals surface area contributed by atoms with Crippen LogP contribution in [0.4, 0.5) is 0 Å². The van der Waals surface area contributed by atoms with E-state index in [0.29, 0.717) is 6.54 Å². The van der Waals surface area contributed by atoms with Crippen molar-refractivity contribution in [1.82, 2.24) is 15.6 Å². The summed E-state index contributed by atoms with van der Waals surface area (Å²) in [5, 5.41) is 5.42. The lowest BCUT2D eigenvalue weighted by atomic mass is 10.1. The molecule has 1 aromatic rings. The Labute approximate surface area is 143 Å². The molecule has 0 bridgehead atoms. The lowest BCUT2D eigenvalue weighted by molar-refractivity contribution is -0.123. The molecule has 1 aromatic heterocycles. The fraction of sp³-hybridized carbons (Fsp3) is 0.500. The molecule has 1 heterocycles. The zero-order valence-corrected chi connectivity index (χ0v) is 14.4. The van der Waals surface area contributed by atoms with Gasteiger partial charge in [0.25, 0.3) is 0 Å². The Morgan fingerprint density at radius 3 is 2.50 bits per heavy atom. The first-order valence-electron chi connectivity index (χ1n) is 6.69. The molecule has 0 aromatic carbocycles. The second-order valence-corrected chi connectivity index (χ2v) is 4.95. The summed E-state index contributed by atoms with van der Waals surface area (Å²) in [6, 6.07) is 3.17. The van der Waals surface area contributed by atoms with Gasteiger partial charge in [0, 0.05) is 31.9 Å². The maximum Gasteiger partial charge on any atom is 0.237 e. The number of halogens is 2. The normalized spacial score (nSPS) is 10.9. The van der Waals surface area contributed by atoms with Crippen molar-refractivity contribution in [1.29, 1.82) is 0 Å². The summed E-state index contributed by atoms with van der Waals surface area (Å²) in [4.78, 5) is 27.1. The highest BCUT2D eigenvalue weighted by molar-refractivity contribution is 5.85. The predicted octanol–water partition coefficient (Wildman–Crippen LogP) is 1.03. The van der Waals surface area contributed by atoms with Gasteiger partial charge in [0.15, 0.2) is 0 Å². The van der Waals surface area contributed by atoms with E-state index in [2.05, 4.69) is 15.6 Å². The summed E-state index contributed by atoms with van der Waals surface area (Å²) >= 11 is 0. The third-order valence-electron chi connectivity index (χ3n) is 2.88. The molecule has 0 fully saturated rings. The molecule has 0 aliphatic heterocycles. The molecule has 2 amide bonds. The molecule has 22 heavy (non-hydrogen) atoms. The fourth-order valence-corrected chi connectivity index (χ4v) is 1.51. The average Bonchev–Trinajstić information content (AvgIpc) is 2.45. The SMILES string of the molecule is CC(C)[C@H](N)C(=O)NCCC(=O)NCc1cccnc1.Cl.Cl. The molecule has 1 rings (SSSR count). The minimum atomic E-state index is -0.534. The van der Waals surface area contributed by atoms with E-state index in [4.69, 9.17) is 5.73 Å². The van der Waals surface area contributed by atoms with E-state index >= 15 is 0 Å². The lowest BCUT2D eigenvalue weighted by Crippen LogP contribution is -2.44. The van der Waals surface area contributed by atoms with Gasteiger partial charge in [-0.15, -0.1) is 24.8 Å². The molecule has 0 spiro atoms. The van der Waals surface area contributed by atoms with Crippen LogP contribution in [0.15, 0.2) is 24.5 Å². The third-order valence-corrected chi connectivity index (χ3v) is 2.88. The largest absolute Gasteiger partial charge is 0.354 e. The van der Waals surface area contributed by atoms with E-state index in [-0.39, 0.29) is 55.5 Å². The summed E-state index contributed by atoms with van der Waals surface area (Å²) in [5.41, 5.74) is 6.63. The fourth-order valence-electron chi connectivity index (χ4n) is 1.51. The van der Waals surface area contributed by atoms with Crippen LogP contribution in [-0.2, 0) is 16.1 Å². The zero-order valence-electron chi connectivity index (χ0n) is 12.7. The van der Waals surface area contributed by atoms with Gasteiger partial charge in [-0.05, 0) is 17.5 Å². The van der Waals surface area contributed by atoms with E-state index in [1.165, 1.54) is 0 Å². The van der Waals surface area contributed by atoms with E-state index in [9.17, 15) is 9.59 Å².